The van der Waals surface area contributed by atoms with E-state index in [1.165, 1.54) is 30.1 Å². The summed E-state index contributed by atoms with van der Waals surface area (Å²) in [4.78, 5) is 15.0. The van der Waals surface area contributed by atoms with E-state index in [4.69, 9.17) is 5.11 Å². The minimum atomic E-state index is -1.03. The van der Waals surface area contributed by atoms with Gasteiger partial charge in [-0.15, -0.1) is 11.8 Å². The van der Waals surface area contributed by atoms with E-state index in [0.29, 0.717) is 16.3 Å². The van der Waals surface area contributed by atoms with Crippen molar-refractivity contribution in [1.82, 2.24) is 4.98 Å². The van der Waals surface area contributed by atoms with Gasteiger partial charge in [0.15, 0.2) is 0 Å². The fraction of sp³-hybridized carbons (Fsp3) is 0.0769. The predicted octanol–water partition coefficient (Wildman–Crippen LogP) is 3.21. The Morgan fingerprint density at radius 2 is 2.06 bits per heavy atom. The number of thioether (sulfide) groups is 1. The second kappa shape index (κ2) is 5.64. The van der Waals surface area contributed by atoms with E-state index in [1.54, 1.807) is 24.3 Å². The lowest BCUT2D eigenvalue weighted by Gasteiger charge is -2.05. The molecule has 0 spiro atoms. The second-order valence-corrected chi connectivity index (χ2v) is 4.51. The highest BCUT2D eigenvalue weighted by Crippen LogP contribution is 2.25. The van der Waals surface area contributed by atoms with Crippen molar-refractivity contribution in [3.05, 3.63) is 59.5 Å². The molecule has 2 rings (SSSR count). The van der Waals surface area contributed by atoms with E-state index >= 15 is 0 Å². The Morgan fingerprint density at radius 1 is 1.28 bits per heavy atom. The predicted molar refractivity (Wildman–Crippen MR) is 67.2 cm³/mol. The van der Waals surface area contributed by atoms with Gasteiger partial charge in [0.25, 0.3) is 0 Å². The molecule has 5 heteroatoms. The molecule has 92 valence electrons. The number of nitrogens with zero attached hydrogens (tertiary/aromatic N) is 1. The summed E-state index contributed by atoms with van der Waals surface area (Å²) in [6, 6.07) is 9.47. The van der Waals surface area contributed by atoms with Crippen molar-refractivity contribution in [1.29, 1.82) is 0 Å². The lowest BCUT2D eigenvalue weighted by Crippen LogP contribution is -2.00. The largest absolute Gasteiger partial charge is 0.478 e. The average Bonchev–Trinajstić information content (AvgIpc) is 2.38. The highest BCUT2D eigenvalue weighted by atomic mass is 32.2. The van der Waals surface area contributed by atoms with E-state index in [-0.39, 0.29) is 11.4 Å². The first-order chi connectivity index (χ1) is 8.68. The number of carboxylic acid groups (broad SMARTS) is 1. The van der Waals surface area contributed by atoms with Gasteiger partial charge in [-0.05, 0) is 23.8 Å². The van der Waals surface area contributed by atoms with Gasteiger partial charge in [0.2, 0.25) is 0 Å². The van der Waals surface area contributed by atoms with E-state index in [2.05, 4.69) is 4.98 Å². The van der Waals surface area contributed by atoms with Crippen LogP contribution in [0.3, 0.4) is 0 Å². The molecular formula is C13H10FNO2S. The van der Waals surface area contributed by atoms with Crippen molar-refractivity contribution < 1.29 is 14.3 Å². The van der Waals surface area contributed by atoms with Gasteiger partial charge >= 0.3 is 5.97 Å². The number of carboxylic acids is 1. The quantitative estimate of drug-likeness (QED) is 0.860. The van der Waals surface area contributed by atoms with Gasteiger partial charge in [-0.25, -0.2) is 14.2 Å². The maximum absolute atomic E-state index is 13.4. The van der Waals surface area contributed by atoms with Gasteiger partial charge in [-0.1, -0.05) is 18.2 Å². The van der Waals surface area contributed by atoms with Crippen molar-refractivity contribution >= 4 is 17.7 Å². The smallest absolute Gasteiger partial charge is 0.338 e. The Balaban J connectivity index is 2.16. The molecule has 1 aromatic carbocycles. The van der Waals surface area contributed by atoms with Crippen LogP contribution in [0.25, 0.3) is 0 Å². The standard InChI is InChI=1S/C13H10FNO2S/c14-11-6-2-1-4-9(11)8-18-12-10(13(16)17)5-3-7-15-12/h1-7H,8H2,(H,16,17). The summed E-state index contributed by atoms with van der Waals surface area (Å²) in [5.74, 6) is -0.971. The molecule has 3 nitrogen and oxygen atoms in total. The second-order valence-electron chi connectivity index (χ2n) is 3.54. The van der Waals surface area contributed by atoms with E-state index in [0.717, 1.165) is 0 Å². The summed E-state index contributed by atoms with van der Waals surface area (Å²) in [7, 11) is 0. The number of rotatable bonds is 4. The van der Waals surface area contributed by atoms with Crippen LogP contribution < -0.4 is 0 Å². The number of benzene rings is 1. The van der Waals surface area contributed by atoms with Crippen LogP contribution in [0, 0.1) is 5.82 Å². The van der Waals surface area contributed by atoms with Crippen LogP contribution in [0.4, 0.5) is 4.39 Å². The third-order valence-corrected chi connectivity index (χ3v) is 3.38. The molecular weight excluding hydrogens is 253 g/mol. The molecule has 0 saturated carbocycles. The van der Waals surface area contributed by atoms with Crippen LogP contribution >= 0.6 is 11.8 Å². The van der Waals surface area contributed by atoms with Crippen molar-refractivity contribution in [3.8, 4) is 0 Å². The number of aromatic nitrogens is 1. The molecule has 1 N–H and O–H groups in total. The fourth-order valence-electron chi connectivity index (χ4n) is 1.43. The summed E-state index contributed by atoms with van der Waals surface area (Å²) in [6.07, 6.45) is 1.52. The first kappa shape index (κ1) is 12.6. The summed E-state index contributed by atoms with van der Waals surface area (Å²) in [6.45, 7) is 0. The molecule has 0 unspecified atom stereocenters. The molecule has 0 aliphatic carbocycles. The van der Waals surface area contributed by atoms with Gasteiger partial charge in [-0.2, -0.15) is 0 Å². The van der Waals surface area contributed by atoms with Crippen LogP contribution in [-0.2, 0) is 5.75 Å². The Morgan fingerprint density at radius 3 is 2.78 bits per heavy atom. The third-order valence-electron chi connectivity index (χ3n) is 2.32. The maximum Gasteiger partial charge on any atom is 0.338 e. The molecule has 18 heavy (non-hydrogen) atoms. The summed E-state index contributed by atoms with van der Waals surface area (Å²) in [5, 5.41) is 9.39. The Hall–Kier alpha value is -1.88. The minimum absolute atomic E-state index is 0.138. The summed E-state index contributed by atoms with van der Waals surface area (Å²) >= 11 is 1.21. The fourth-order valence-corrected chi connectivity index (χ4v) is 2.40. The van der Waals surface area contributed by atoms with Crippen molar-refractivity contribution in [2.75, 3.05) is 0 Å². The minimum Gasteiger partial charge on any atom is -0.478 e. The van der Waals surface area contributed by atoms with E-state index in [1.807, 2.05) is 0 Å². The molecule has 1 aromatic heterocycles. The lowest BCUT2D eigenvalue weighted by atomic mass is 10.2. The monoisotopic (exact) mass is 263 g/mol. The molecule has 0 amide bonds. The van der Waals surface area contributed by atoms with Crippen LogP contribution in [0.5, 0.6) is 0 Å². The summed E-state index contributed by atoms with van der Waals surface area (Å²) in [5.41, 5.74) is 0.670. The Kier molecular flexibility index (Phi) is 3.94. The van der Waals surface area contributed by atoms with Crippen molar-refractivity contribution in [2.24, 2.45) is 0 Å². The Bertz CT molecular complexity index is 574. The van der Waals surface area contributed by atoms with E-state index in [9.17, 15) is 9.18 Å². The van der Waals surface area contributed by atoms with Crippen molar-refractivity contribution in [2.45, 2.75) is 10.8 Å². The molecule has 0 aliphatic rings. The topological polar surface area (TPSA) is 50.2 Å². The van der Waals surface area contributed by atoms with Crippen LogP contribution in [0.1, 0.15) is 15.9 Å². The van der Waals surface area contributed by atoms with Crippen molar-refractivity contribution in [3.63, 3.8) is 0 Å². The highest BCUT2D eigenvalue weighted by molar-refractivity contribution is 7.98. The average molecular weight is 263 g/mol. The zero-order valence-electron chi connectivity index (χ0n) is 9.34. The molecule has 0 bridgehead atoms. The first-order valence-electron chi connectivity index (χ1n) is 5.23. The lowest BCUT2D eigenvalue weighted by molar-refractivity contribution is 0.0692. The summed E-state index contributed by atoms with van der Waals surface area (Å²) < 4.78 is 13.4. The van der Waals surface area contributed by atoms with Crippen LogP contribution in [0.2, 0.25) is 0 Å². The highest BCUT2D eigenvalue weighted by Gasteiger charge is 2.11. The normalized spacial score (nSPS) is 10.3. The third kappa shape index (κ3) is 2.87. The van der Waals surface area contributed by atoms with Gasteiger partial charge in [-0.3, -0.25) is 0 Å². The number of hydrogen-bond acceptors (Lipinski definition) is 3. The number of pyridine rings is 1. The van der Waals surface area contributed by atoms with Gasteiger partial charge < -0.3 is 5.11 Å². The number of carbonyl (C=O) groups is 1. The number of halogens is 1. The zero-order valence-corrected chi connectivity index (χ0v) is 10.2. The van der Waals surface area contributed by atoms with Crippen LogP contribution in [0.15, 0.2) is 47.6 Å². The van der Waals surface area contributed by atoms with Gasteiger partial charge in [0.05, 0.1) is 5.56 Å². The molecule has 1 heterocycles. The van der Waals surface area contributed by atoms with Crippen LogP contribution in [-0.4, -0.2) is 16.1 Å². The van der Waals surface area contributed by atoms with Gasteiger partial charge in [0.1, 0.15) is 10.8 Å². The molecule has 0 saturated heterocycles. The molecule has 2 aromatic rings. The number of aromatic carboxylic acids is 1. The molecule has 0 aliphatic heterocycles. The molecule has 0 fully saturated rings. The number of hydrogen-bond donors (Lipinski definition) is 1. The Labute approximate surface area is 108 Å². The SMILES string of the molecule is O=C(O)c1cccnc1SCc1ccccc1F. The maximum atomic E-state index is 13.4. The molecule has 0 atom stereocenters. The zero-order chi connectivity index (χ0) is 13.0. The first-order valence-corrected chi connectivity index (χ1v) is 6.21. The van der Waals surface area contributed by atoms with E-state index < -0.39 is 5.97 Å². The molecule has 0 radical (unpaired) electrons. The van der Waals surface area contributed by atoms with Gasteiger partial charge in [0, 0.05) is 11.9 Å².